The zero-order chi connectivity index (χ0) is 74.3. The van der Waals surface area contributed by atoms with Crippen LogP contribution in [-0.2, 0) is 33.6 Å². The average molecular weight is 1450 g/mol. The molecule has 0 unspecified atom stereocenters. The van der Waals surface area contributed by atoms with Crippen molar-refractivity contribution in [3.63, 3.8) is 0 Å². The maximum atomic E-state index is 7.56. The summed E-state index contributed by atoms with van der Waals surface area (Å²) in [5.74, 6) is 0. The van der Waals surface area contributed by atoms with Gasteiger partial charge in [-0.3, -0.25) is 0 Å². The molecule has 522 valence electrons. The lowest BCUT2D eigenvalue weighted by molar-refractivity contribution is -0.629. The standard InChI is InChI=1S/C25H28N2S.C23H24N2S.C22H19N3S.C22H22N2S/c1-17-11-9-10-14-27(17)22-16-19(25(3,4)5)15-20(18(22)2)24-26(6)21-12-7-8-13-23(21)28-24;1-15-14-16(2)22(25-13-9-8-10-17(25)3)18(4)21(15)23-24(5)19-11-6-7-12-20(19)26-23;1-15-9-7-8-12-25(15)20-14-17(23-3)13-18(16(20)2)22-24(4)19-10-5-6-11-21(19)26-22;1-15-13-18(22-23(4)19-10-5-6-11-21(19)25-22)17(3)20(14-15)24-12-8-7-9-16(24)2/h7-16H,1-6H3;6-14H,1-5H3;5-14H,1-2,4H3;5-14H,1-4H3/q4*+2. The van der Waals surface area contributed by atoms with Gasteiger partial charge in [-0.15, -0.1) is 0 Å². The number of pyridine rings is 4. The van der Waals surface area contributed by atoms with Gasteiger partial charge in [-0.1, -0.05) is 139 Å². The molecule has 0 radical (unpaired) electrons. The van der Waals surface area contributed by atoms with E-state index in [1.54, 1.807) is 11.3 Å². The van der Waals surface area contributed by atoms with E-state index in [-0.39, 0.29) is 5.41 Å². The molecule has 0 saturated heterocycles. The molecule has 8 aromatic carbocycles. The first-order valence-corrected chi connectivity index (χ1v) is 39.0. The van der Waals surface area contributed by atoms with Gasteiger partial charge in [-0.2, -0.15) is 36.5 Å². The van der Waals surface area contributed by atoms with Crippen LogP contribution in [-0.4, -0.2) is 0 Å². The number of thiazole rings is 4. The van der Waals surface area contributed by atoms with Crippen LogP contribution in [0.1, 0.15) is 88.1 Å². The molecule has 16 aromatic rings. The first kappa shape index (κ1) is 72.8. The Balaban J connectivity index is 0.000000124. The molecule has 0 fully saturated rings. The summed E-state index contributed by atoms with van der Waals surface area (Å²) < 4.78 is 23.5. The van der Waals surface area contributed by atoms with Gasteiger partial charge in [-0.05, 0) is 119 Å². The van der Waals surface area contributed by atoms with Gasteiger partial charge in [0.25, 0.3) is 20.0 Å². The number of nitrogens with zero attached hydrogens (tertiary/aromatic N) is 9. The number of para-hydroxylation sites is 4. The minimum Gasteiger partial charge on any atom is -0.238 e. The predicted octanol–water partition coefficient (Wildman–Crippen LogP) is 19.9. The van der Waals surface area contributed by atoms with Crippen LogP contribution in [0.5, 0.6) is 0 Å². The van der Waals surface area contributed by atoms with E-state index >= 15 is 0 Å². The molecular weight excluding hydrogens is 1360 g/mol. The number of hydrogen-bond acceptors (Lipinski definition) is 4. The highest BCUT2D eigenvalue weighted by molar-refractivity contribution is 7.22. The monoisotopic (exact) mass is 1450 g/mol. The van der Waals surface area contributed by atoms with Crippen molar-refractivity contribution in [3.8, 4) is 65.0 Å². The third-order valence-electron chi connectivity index (χ3n) is 20.3. The summed E-state index contributed by atoms with van der Waals surface area (Å²) >= 11 is 7.38. The van der Waals surface area contributed by atoms with Crippen molar-refractivity contribution in [1.82, 2.24) is 0 Å². The second-order valence-corrected chi connectivity index (χ2v) is 32.7. The summed E-state index contributed by atoms with van der Waals surface area (Å²) in [4.78, 5) is 3.73. The van der Waals surface area contributed by atoms with Crippen LogP contribution in [0.2, 0.25) is 0 Å². The smallest absolute Gasteiger partial charge is 0.238 e. The fourth-order valence-corrected chi connectivity index (χ4v) is 19.5. The minimum absolute atomic E-state index is 0.0791. The minimum atomic E-state index is 0.0791. The third-order valence-corrected chi connectivity index (χ3v) is 25.3. The molecule has 0 atom stereocenters. The maximum Gasteiger partial charge on any atom is 0.270 e. The lowest BCUT2D eigenvalue weighted by atomic mass is 9.84. The van der Waals surface area contributed by atoms with Crippen molar-refractivity contribution in [2.45, 2.75) is 102 Å². The van der Waals surface area contributed by atoms with Gasteiger partial charge in [0.2, 0.25) is 44.8 Å². The SMILES string of the molecule is Cc1c(-c2sc3ccccc3[n+]2C)cc(C(C)(C)C)cc1-[n+]1ccccc1C.Cc1cc(-c2sc3ccccc3[n+]2C)c(C)c(-[n+]2ccccc2C)c1.Cc1cc(C)c(-[n+]2ccccc2C)c(C)c1-c1sc2ccccc2[n+]1C.[C-]#[N+]c1cc(-c2sc3ccccc3[n+]2C)c(C)c(-[n+]2ccccc2C)c1. The summed E-state index contributed by atoms with van der Waals surface area (Å²) in [6, 6.07) is 75.2. The molecule has 0 aliphatic carbocycles. The van der Waals surface area contributed by atoms with Crippen LogP contribution < -0.4 is 36.5 Å². The molecule has 105 heavy (non-hydrogen) atoms. The molecule has 0 amide bonds. The van der Waals surface area contributed by atoms with Gasteiger partial charge in [0, 0.05) is 147 Å². The molecule has 0 N–H and O–H groups in total. The molecule has 0 saturated carbocycles. The summed E-state index contributed by atoms with van der Waals surface area (Å²) in [7, 11) is 8.61. The third kappa shape index (κ3) is 14.3. The van der Waals surface area contributed by atoms with E-state index in [1.165, 1.54) is 156 Å². The van der Waals surface area contributed by atoms with Crippen molar-refractivity contribution < 1.29 is 36.5 Å². The van der Waals surface area contributed by atoms with Crippen molar-refractivity contribution in [2.75, 3.05) is 0 Å². The van der Waals surface area contributed by atoms with Gasteiger partial charge in [-0.25, -0.2) is 4.85 Å². The van der Waals surface area contributed by atoms with E-state index in [1.807, 2.05) is 58.3 Å². The Kier molecular flexibility index (Phi) is 21.0. The number of rotatable bonds is 8. The Morgan fingerprint density at radius 3 is 1.04 bits per heavy atom. The Hall–Kier alpha value is -10.6. The van der Waals surface area contributed by atoms with Gasteiger partial charge in [0.1, 0.15) is 47.0 Å². The van der Waals surface area contributed by atoms with Crippen molar-refractivity contribution in [3.05, 3.63) is 316 Å². The molecule has 0 spiro atoms. The van der Waals surface area contributed by atoms with E-state index < -0.39 is 0 Å². The van der Waals surface area contributed by atoms with Crippen LogP contribution in [0.25, 0.3) is 111 Å². The largest absolute Gasteiger partial charge is 0.270 e. The van der Waals surface area contributed by atoms with E-state index in [0.717, 1.165) is 16.9 Å². The normalized spacial score (nSPS) is 11.3. The molecule has 0 aliphatic heterocycles. The summed E-state index contributed by atoms with van der Waals surface area (Å²) in [5.41, 5.74) is 31.1. The van der Waals surface area contributed by atoms with Gasteiger partial charge >= 0.3 is 0 Å². The highest BCUT2D eigenvalue weighted by Gasteiger charge is 2.32. The maximum absolute atomic E-state index is 7.56. The zero-order valence-electron chi connectivity index (χ0n) is 63.7. The molecule has 8 heterocycles. The summed E-state index contributed by atoms with van der Waals surface area (Å²) in [5, 5.41) is 5.10. The lowest BCUT2D eigenvalue weighted by Crippen LogP contribution is -2.36. The zero-order valence-corrected chi connectivity index (χ0v) is 66.9. The molecule has 9 nitrogen and oxygen atoms in total. The van der Waals surface area contributed by atoms with Crippen LogP contribution in [0.15, 0.2) is 237 Å². The number of benzene rings is 8. The average Bonchev–Trinajstić information content (AvgIpc) is 1.63. The van der Waals surface area contributed by atoms with Gasteiger partial charge < -0.3 is 0 Å². The van der Waals surface area contributed by atoms with E-state index in [2.05, 4.69) is 379 Å². The molecule has 13 heteroatoms. The predicted molar refractivity (Wildman–Crippen MR) is 437 cm³/mol. The Morgan fingerprint density at radius 1 is 0.324 bits per heavy atom. The fraction of sp³-hybridized carbons (Fsp3) is 0.207. The summed E-state index contributed by atoms with van der Waals surface area (Å²) in [6.07, 6.45) is 8.53. The Labute approximate surface area is 635 Å². The van der Waals surface area contributed by atoms with Crippen LogP contribution in [0.4, 0.5) is 5.69 Å². The van der Waals surface area contributed by atoms with E-state index in [9.17, 15) is 0 Å². The topological polar surface area (TPSA) is 35.4 Å². The van der Waals surface area contributed by atoms with Crippen LogP contribution >= 0.6 is 45.3 Å². The van der Waals surface area contributed by atoms with Crippen molar-refractivity contribution >= 4 is 91.9 Å². The van der Waals surface area contributed by atoms with Gasteiger partial charge in [0.05, 0.1) is 28.8 Å². The van der Waals surface area contributed by atoms with Gasteiger partial charge in [0.15, 0.2) is 53.3 Å². The van der Waals surface area contributed by atoms with Crippen molar-refractivity contribution in [1.29, 1.82) is 0 Å². The van der Waals surface area contributed by atoms with E-state index in [0.29, 0.717) is 5.69 Å². The number of aryl methyl sites for hydroxylation is 11. The van der Waals surface area contributed by atoms with Crippen LogP contribution in [0, 0.1) is 82.7 Å². The molecule has 8 aromatic heterocycles. The number of hydrogen-bond donors (Lipinski definition) is 0. The fourth-order valence-electron chi connectivity index (χ4n) is 14.5. The molecule has 0 aliphatic rings. The highest BCUT2D eigenvalue weighted by Crippen LogP contribution is 2.40. The Bertz CT molecular complexity index is 6070. The summed E-state index contributed by atoms with van der Waals surface area (Å²) in [6.45, 7) is 38.5. The molecule has 0 bridgehead atoms. The number of fused-ring (bicyclic) bond motifs is 4. The number of aromatic nitrogens is 8. The second kappa shape index (κ2) is 30.2. The lowest BCUT2D eigenvalue weighted by Gasteiger charge is -2.21. The highest BCUT2D eigenvalue weighted by atomic mass is 32.1. The van der Waals surface area contributed by atoms with E-state index in [4.69, 9.17) is 6.57 Å². The quantitative estimate of drug-likeness (QED) is 0.107. The molecule has 16 rings (SSSR count). The molecular formula is C92H93N9S4+8. The second-order valence-electron chi connectivity index (χ2n) is 28.6. The first-order chi connectivity index (χ1) is 50.4. The van der Waals surface area contributed by atoms with Crippen molar-refractivity contribution in [2.24, 2.45) is 28.2 Å². The first-order valence-electron chi connectivity index (χ1n) is 35.7. The Morgan fingerprint density at radius 2 is 0.657 bits per heavy atom. The van der Waals surface area contributed by atoms with Crippen LogP contribution in [0.3, 0.4) is 0 Å².